The van der Waals surface area contributed by atoms with Gasteiger partial charge in [0.2, 0.25) is 10.0 Å². The Hall–Kier alpha value is -2.60. The fraction of sp³-hybridized carbons (Fsp3) is 0.238. The minimum absolute atomic E-state index is 0.0407. The van der Waals surface area contributed by atoms with Gasteiger partial charge in [0.25, 0.3) is 5.91 Å². The molecule has 0 bridgehead atoms. The van der Waals surface area contributed by atoms with Gasteiger partial charge in [0, 0.05) is 22.5 Å². The minimum atomic E-state index is -3.97. The molecule has 0 spiro atoms. The maximum absolute atomic E-state index is 12.7. The molecule has 1 aromatic heterocycles. The Labute approximate surface area is 190 Å². The first-order chi connectivity index (χ1) is 15.1. The smallest absolute Gasteiger partial charge is 0.257 e. The van der Waals surface area contributed by atoms with E-state index in [1.165, 1.54) is 35.6 Å². The van der Waals surface area contributed by atoms with Gasteiger partial charge in [-0.1, -0.05) is 35.9 Å². The Balaban J connectivity index is 1.47. The number of rotatable bonds is 6. The lowest BCUT2D eigenvalue weighted by Crippen LogP contribution is -2.35. The van der Waals surface area contributed by atoms with Crippen LogP contribution in [0.2, 0.25) is 0 Å². The number of carbonyl (C=O) groups excluding carboxylic acids is 1. The largest absolute Gasteiger partial charge is 0.298 e. The number of hydrogen-bond acceptors (Lipinski definition) is 7. The van der Waals surface area contributed by atoms with Gasteiger partial charge in [-0.25, -0.2) is 26.5 Å². The molecule has 0 radical (unpaired) electrons. The van der Waals surface area contributed by atoms with Gasteiger partial charge in [0.1, 0.15) is 0 Å². The summed E-state index contributed by atoms with van der Waals surface area (Å²) >= 11 is 1.27. The van der Waals surface area contributed by atoms with E-state index in [9.17, 15) is 21.6 Å². The molecular weight excluding hydrogens is 470 g/mol. The number of aryl methyl sites for hydroxylation is 1. The molecule has 1 amide bonds. The van der Waals surface area contributed by atoms with Gasteiger partial charge in [0.05, 0.1) is 22.1 Å². The molecule has 3 aromatic rings. The number of hydrogen-bond donors (Lipinski definition) is 2. The maximum Gasteiger partial charge on any atom is 0.257 e. The molecule has 0 unspecified atom stereocenters. The molecule has 11 heteroatoms. The fourth-order valence-corrected chi connectivity index (χ4v) is 7.15. The molecule has 1 aliphatic heterocycles. The van der Waals surface area contributed by atoms with Gasteiger partial charge in [-0.05, 0) is 31.5 Å². The average molecular weight is 492 g/mol. The summed E-state index contributed by atoms with van der Waals surface area (Å²) in [6.07, 6.45) is 0.231. The highest BCUT2D eigenvalue weighted by Gasteiger charge is 2.31. The Morgan fingerprint density at radius 1 is 1.16 bits per heavy atom. The molecular formula is C21H21N3O5S3. The summed E-state index contributed by atoms with van der Waals surface area (Å²) in [4.78, 5) is 17.0. The molecule has 32 heavy (non-hydrogen) atoms. The molecule has 2 N–H and O–H groups in total. The first-order valence-electron chi connectivity index (χ1n) is 9.78. The second kappa shape index (κ2) is 8.74. The zero-order chi connectivity index (χ0) is 22.9. The van der Waals surface area contributed by atoms with Crippen LogP contribution in [0.3, 0.4) is 0 Å². The van der Waals surface area contributed by atoms with E-state index >= 15 is 0 Å². The molecule has 0 saturated carbocycles. The second-order valence-corrected chi connectivity index (χ2v) is 12.4. The van der Waals surface area contributed by atoms with Crippen LogP contribution in [0.4, 0.5) is 5.13 Å². The third-order valence-corrected chi connectivity index (χ3v) is 9.08. The van der Waals surface area contributed by atoms with Crippen LogP contribution in [0.1, 0.15) is 22.3 Å². The van der Waals surface area contributed by atoms with Gasteiger partial charge in [-0.2, -0.15) is 0 Å². The molecule has 2 heterocycles. The number of amides is 1. The summed E-state index contributed by atoms with van der Waals surface area (Å²) in [7, 11) is -7.19. The SMILES string of the molecule is Cc1ccc(-c2csc(NC(=O)c3cccc(S(=O)(=O)N[C@@H]4CCS(=O)(=O)C4)c3)n2)cc1. The lowest BCUT2D eigenvalue weighted by Gasteiger charge is -2.12. The summed E-state index contributed by atoms with van der Waals surface area (Å²) in [5, 5.41) is 4.93. The number of nitrogens with one attached hydrogen (secondary N) is 2. The maximum atomic E-state index is 12.7. The van der Waals surface area contributed by atoms with E-state index in [1.807, 2.05) is 36.6 Å². The van der Waals surface area contributed by atoms with Crippen molar-refractivity contribution in [3.8, 4) is 11.3 Å². The van der Waals surface area contributed by atoms with Crippen molar-refractivity contribution in [3.63, 3.8) is 0 Å². The lowest BCUT2D eigenvalue weighted by atomic mass is 10.1. The first kappa shape index (κ1) is 22.6. The van der Waals surface area contributed by atoms with Crippen molar-refractivity contribution in [3.05, 3.63) is 65.0 Å². The Kier molecular flexibility index (Phi) is 6.17. The third kappa shape index (κ3) is 5.23. The van der Waals surface area contributed by atoms with Crippen LogP contribution in [0.5, 0.6) is 0 Å². The lowest BCUT2D eigenvalue weighted by molar-refractivity contribution is 0.102. The highest BCUT2D eigenvalue weighted by Crippen LogP contribution is 2.26. The van der Waals surface area contributed by atoms with Crippen molar-refractivity contribution in [2.75, 3.05) is 16.8 Å². The van der Waals surface area contributed by atoms with Crippen LogP contribution in [-0.2, 0) is 19.9 Å². The van der Waals surface area contributed by atoms with E-state index in [0.29, 0.717) is 5.13 Å². The fourth-order valence-electron chi connectivity index (χ4n) is 3.34. The zero-order valence-electron chi connectivity index (χ0n) is 17.1. The molecule has 2 aromatic carbocycles. The van der Waals surface area contributed by atoms with Crippen LogP contribution < -0.4 is 10.0 Å². The summed E-state index contributed by atoms with van der Waals surface area (Å²) < 4.78 is 50.9. The first-order valence-corrected chi connectivity index (χ1v) is 14.0. The second-order valence-electron chi connectivity index (χ2n) is 7.61. The predicted molar refractivity (Wildman–Crippen MR) is 124 cm³/mol. The standard InChI is InChI=1S/C21H21N3O5S3/c1-14-5-7-15(8-6-14)19-12-30-21(22-19)23-20(25)16-3-2-4-18(11-16)32(28,29)24-17-9-10-31(26,27)13-17/h2-8,11-12,17,24H,9-10,13H2,1H3,(H,22,23,25)/t17-/m1/s1. The number of anilines is 1. The quantitative estimate of drug-likeness (QED) is 0.547. The molecule has 1 saturated heterocycles. The molecule has 1 fully saturated rings. The Bertz CT molecular complexity index is 1360. The molecule has 4 rings (SSSR count). The zero-order valence-corrected chi connectivity index (χ0v) is 19.6. The van der Waals surface area contributed by atoms with Crippen molar-refractivity contribution in [2.24, 2.45) is 0 Å². The van der Waals surface area contributed by atoms with E-state index in [2.05, 4.69) is 15.0 Å². The van der Waals surface area contributed by atoms with Gasteiger partial charge < -0.3 is 0 Å². The number of thiazole rings is 1. The summed E-state index contributed by atoms with van der Waals surface area (Å²) in [5.41, 5.74) is 2.95. The summed E-state index contributed by atoms with van der Waals surface area (Å²) in [5.74, 6) is -0.754. The van der Waals surface area contributed by atoms with Crippen molar-refractivity contribution in [1.82, 2.24) is 9.71 Å². The minimum Gasteiger partial charge on any atom is -0.298 e. The van der Waals surface area contributed by atoms with Gasteiger partial charge >= 0.3 is 0 Å². The van der Waals surface area contributed by atoms with Crippen LogP contribution in [0.15, 0.2) is 58.8 Å². The van der Waals surface area contributed by atoms with Gasteiger partial charge in [-0.3, -0.25) is 10.1 Å². The van der Waals surface area contributed by atoms with Crippen molar-refractivity contribution < 1.29 is 21.6 Å². The summed E-state index contributed by atoms with van der Waals surface area (Å²) in [6, 6.07) is 12.8. The van der Waals surface area contributed by atoms with Gasteiger partial charge in [-0.15, -0.1) is 11.3 Å². The highest BCUT2D eigenvalue weighted by atomic mass is 32.2. The Morgan fingerprint density at radius 3 is 2.59 bits per heavy atom. The average Bonchev–Trinajstić information content (AvgIpc) is 3.34. The van der Waals surface area contributed by atoms with E-state index in [4.69, 9.17) is 0 Å². The van der Waals surface area contributed by atoms with Crippen molar-refractivity contribution in [1.29, 1.82) is 0 Å². The molecule has 168 valence electrons. The molecule has 0 aliphatic carbocycles. The number of nitrogens with zero attached hydrogens (tertiary/aromatic N) is 1. The number of sulfonamides is 1. The number of carbonyl (C=O) groups is 1. The van der Waals surface area contributed by atoms with Crippen LogP contribution >= 0.6 is 11.3 Å². The van der Waals surface area contributed by atoms with E-state index in [-0.39, 0.29) is 28.4 Å². The number of sulfone groups is 1. The topological polar surface area (TPSA) is 122 Å². The predicted octanol–water partition coefficient (Wildman–Crippen LogP) is 2.84. The summed E-state index contributed by atoms with van der Waals surface area (Å²) in [6.45, 7) is 2.00. The number of aromatic nitrogens is 1. The van der Waals surface area contributed by atoms with Crippen LogP contribution in [0.25, 0.3) is 11.3 Å². The van der Waals surface area contributed by atoms with Crippen molar-refractivity contribution in [2.45, 2.75) is 24.3 Å². The molecule has 1 atom stereocenters. The normalized spacial score (nSPS) is 17.8. The number of benzene rings is 2. The van der Waals surface area contributed by atoms with Crippen molar-refractivity contribution >= 4 is 42.2 Å². The molecule has 8 nitrogen and oxygen atoms in total. The van der Waals surface area contributed by atoms with E-state index in [1.54, 1.807) is 0 Å². The Morgan fingerprint density at radius 2 is 1.91 bits per heavy atom. The molecule has 1 aliphatic rings. The highest BCUT2D eigenvalue weighted by molar-refractivity contribution is 7.92. The van der Waals surface area contributed by atoms with E-state index in [0.717, 1.165) is 16.8 Å². The van der Waals surface area contributed by atoms with Crippen LogP contribution in [-0.4, -0.2) is 45.3 Å². The third-order valence-electron chi connectivity index (χ3n) is 5.03. The monoisotopic (exact) mass is 491 g/mol. The van der Waals surface area contributed by atoms with Crippen LogP contribution in [0, 0.1) is 6.92 Å². The van der Waals surface area contributed by atoms with Gasteiger partial charge in [0.15, 0.2) is 15.0 Å². The van der Waals surface area contributed by atoms with E-state index < -0.39 is 31.8 Å².